The van der Waals surface area contributed by atoms with E-state index in [1.54, 1.807) is 23.3 Å². The molecule has 3 aromatic rings. The van der Waals surface area contributed by atoms with E-state index in [2.05, 4.69) is 31.0 Å². The molecular weight excluding hydrogens is 475 g/mol. The first-order valence-corrected chi connectivity index (χ1v) is 11.7. The van der Waals surface area contributed by atoms with Gasteiger partial charge in [-0.25, -0.2) is 4.98 Å². The molecule has 4 rings (SSSR count). The molecule has 1 aliphatic rings. The number of hydrogen-bond donors (Lipinski definition) is 4. The van der Waals surface area contributed by atoms with Gasteiger partial charge in [0.25, 0.3) is 0 Å². The molecule has 1 aromatic carbocycles. The van der Waals surface area contributed by atoms with Crippen LogP contribution in [0.3, 0.4) is 0 Å². The van der Waals surface area contributed by atoms with Gasteiger partial charge in [-0.05, 0) is 50.3 Å². The lowest BCUT2D eigenvalue weighted by Gasteiger charge is -2.30. The molecule has 0 saturated heterocycles. The van der Waals surface area contributed by atoms with Crippen molar-refractivity contribution in [3.05, 3.63) is 48.4 Å². The zero-order valence-electron chi connectivity index (χ0n) is 19.7. The van der Waals surface area contributed by atoms with Gasteiger partial charge in [0.1, 0.15) is 5.82 Å². The van der Waals surface area contributed by atoms with Gasteiger partial charge in [-0.15, -0.1) is 0 Å². The third kappa shape index (κ3) is 6.51. The van der Waals surface area contributed by atoms with E-state index in [1.807, 2.05) is 31.2 Å². The van der Waals surface area contributed by atoms with E-state index in [-0.39, 0.29) is 12.6 Å². The molecule has 0 unspecified atom stereocenters. The Balaban J connectivity index is 1.51. The summed E-state index contributed by atoms with van der Waals surface area (Å²) in [6.45, 7) is 2.29. The zero-order valence-corrected chi connectivity index (χ0v) is 19.7. The number of anilines is 3. The smallest absolute Gasteiger partial charge is 0.394 e. The third-order valence-electron chi connectivity index (χ3n) is 6.00. The summed E-state index contributed by atoms with van der Waals surface area (Å²) in [6.07, 6.45) is 2.22. The Hall–Kier alpha value is -3.67. The number of halogens is 3. The molecule has 0 aliphatic heterocycles. The lowest BCUT2D eigenvalue weighted by molar-refractivity contribution is -0.174. The monoisotopic (exact) mass is 503 g/mol. The fraction of sp³-hybridized carbons (Fsp3) is 0.417. The van der Waals surface area contributed by atoms with Gasteiger partial charge in [-0.3, -0.25) is 9.48 Å². The Morgan fingerprint density at radius 1 is 1.17 bits per heavy atom. The highest BCUT2D eigenvalue weighted by atomic mass is 19.4. The fourth-order valence-electron chi connectivity index (χ4n) is 4.19. The van der Waals surface area contributed by atoms with Gasteiger partial charge in [0.15, 0.2) is 0 Å². The van der Waals surface area contributed by atoms with Crippen molar-refractivity contribution in [2.24, 2.45) is 0 Å². The Kier molecular flexibility index (Phi) is 7.73. The summed E-state index contributed by atoms with van der Waals surface area (Å²) in [4.78, 5) is 20.4. The summed E-state index contributed by atoms with van der Waals surface area (Å²) >= 11 is 0. The number of aromatic nitrogens is 4. The molecular formula is C24H28F3N7O2. The fourth-order valence-corrected chi connectivity index (χ4v) is 4.19. The van der Waals surface area contributed by atoms with Gasteiger partial charge >= 0.3 is 12.1 Å². The maximum absolute atomic E-state index is 12.6. The summed E-state index contributed by atoms with van der Waals surface area (Å²) in [5.41, 5.74) is 3.40. The minimum atomic E-state index is -4.88. The molecule has 1 aliphatic carbocycles. The molecule has 1 fully saturated rings. The van der Waals surface area contributed by atoms with Crippen LogP contribution >= 0.6 is 0 Å². The number of nitrogens with one attached hydrogen (secondary N) is 3. The number of aliphatic hydroxyl groups is 1. The molecule has 2 heterocycles. The van der Waals surface area contributed by atoms with Crippen molar-refractivity contribution in [1.29, 1.82) is 0 Å². The largest absolute Gasteiger partial charge is 0.471 e. The summed E-state index contributed by atoms with van der Waals surface area (Å²) in [7, 11) is 0. The van der Waals surface area contributed by atoms with Crippen LogP contribution in [0.5, 0.6) is 0 Å². The molecule has 192 valence electrons. The number of rotatable bonds is 8. The first-order valence-electron chi connectivity index (χ1n) is 11.7. The highest BCUT2D eigenvalue weighted by Crippen LogP contribution is 2.30. The Bertz CT molecular complexity index is 1190. The summed E-state index contributed by atoms with van der Waals surface area (Å²) in [6, 6.07) is 7.23. The van der Waals surface area contributed by atoms with Crippen LogP contribution in [0.2, 0.25) is 0 Å². The molecule has 36 heavy (non-hydrogen) atoms. The second kappa shape index (κ2) is 10.9. The van der Waals surface area contributed by atoms with Crippen LogP contribution in [0, 0.1) is 6.92 Å². The van der Waals surface area contributed by atoms with Crippen molar-refractivity contribution >= 4 is 23.4 Å². The third-order valence-corrected chi connectivity index (χ3v) is 6.00. The van der Waals surface area contributed by atoms with E-state index in [1.165, 1.54) is 0 Å². The lowest BCUT2D eigenvalue weighted by Crippen LogP contribution is -2.45. The van der Waals surface area contributed by atoms with Crippen molar-refractivity contribution < 1.29 is 23.1 Å². The number of alkyl halides is 3. The SMILES string of the molecule is Cc1cccc(Nc2ncc(-c3cnn(CCO)c3)c(NC3CCC(NC(=O)C(F)(F)F)CC3)n2)c1. The van der Waals surface area contributed by atoms with E-state index >= 15 is 0 Å². The Labute approximate surface area is 206 Å². The van der Waals surface area contributed by atoms with Crippen LogP contribution in [0.25, 0.3) is 11.1 Å². The van der Waals surface area contributed by atoms with Crippen LogP contribution in [0.15, 0.2) is 42.9 Å². The normalized spacial score (nSPS) is 18.0. The van der Waals surface area contributed by atoms with Gasteiger partial charge in [0.05, 0.1) is 19.3 Å². The van der Waals surface area contributed by atoms with Crippen LogP contribution < -0.4 is 16.0 Å². The van der Waals surface area contributed by atoms with Gasteiger partial charge < -0.3 is 21.1 Å². The van der Waals surface area contributed by atoms with Crippen molar-refractivity contribution in [1.82, 2.24) is 25.1 Å². The van der Waals surface area contributed by atoms with Crippen molar-refractivity contribution in [2.45, 2.75) is 57.4 Å². The highest BCUT2D eigenvalue weighted by Gasteiger charge is 2.40. The van der Waals surface area contributed by atoms with Crippen LogP contribution in [0.4, 0.5) is 30.6 Å². The molecule has 0 spiro atoms. The molecule has 0 atom stereocenters. The number of nitrogens with zero attached hydrogens (tertiary/aromatic N) is 4. The average molecular weight is 504 g/mol. The van der Waals surface area contributed by atoms with Gasteiger partial charge in [-0.1, -0.05) is 12.1 Å². The second-order valence-electron chi connectivity index (χ2n) is 8.83. The molecule has 9 nitrogen and oxygen atoms in total. The second-order valence-corrected chi connectivity index (χ2v) is 8.83. The number of aliphatic hydroxyl groups excluding tert-OH is 1. The molecule has 2 aromatic heterocycles. The first kappa shape index (κ1) is 25.4. The average Bonchev–Trinajstić information content (AvgIpc) is 3.28. The van der Waals surface area contributed by atoms with Crippen molar-refractivity contribution in [3.63, 3.8) is 0 Å². The number of aryl methyl sites for hydroxylation is 1. The van der Waals surface area contributed by atoms with Gasteiger partial charge in [0, 0.05) is 41.3 Å². The number of amides is 1. The lowest BCUT2D eigenvalue weighted by atomic mass is 9.91. The predicted octanol–water partition coefficient (Wildman–Crippen LogP) is 3.79. The Morgan fingerprint density at radius 3 is 2.61 bits per heavy atom. The minimum absolute atomic E-state index is 0.0444. The molecule has 1 amide bonds. The van der Waals surface area contributed by atoms with Crippen molar-refractivity contribution in [3.8, 4) is 11.1 Å². The van der Waals surface area contributed by atoms with E-state index in [0.717, 1.165) is 16.8 Å². The van der Waals surface area contributed by atoms with Crippen LogP contribution in [-0.2, 0) is 11.3 Å². The van der Waals surface area contributed by atoms with Crippen molar-refractivity contribution in [2.75, 3.05) is 17.2 Å². The topological polar surface area (TPSA) is 117 Å². The number of carbonyl (C=O) groups excluding carboxylic acids is 1. The van der Waals surface area contributed by atoms with Crippen LogP contribution in [-0.4, -0.2) is 55.6 Å². The van der Waals surface area contributed by atoms with E-state index in [0.29, 0.717) is 49.6 Å². The maximum atomic E-state index is 12.6. The number of benzene rings is 1. The summed E-state index contributed by atoms with van der Waals surface area (Å²) < 4.78 is 39.3. The molecule has 0 radical (unpaired) electrons. The molecule has 0 bridgehead atoms. The summed E-state index contributed by atoms with van der Waals surface area (Å²) in [5.74, 6) is -0.948. The van der Waals surface area contributed by atoms with E-state index in [4.69, 9.17) is 0 Å². The number of hydrogen-bond acceptors (Lipinski definition) is 7. The van der Waals surface area contributed by atoms with E-state index < -0.39 is 18.1 Å². The molecule has 1 saturated carbocycles. The quantitative estimate of drug-likeness (QED) is 0.370. The molecule has 12 heteroatoms. The molecule has 4 N–H and O–H groups in total. The van der Waals surface area contributed by atoms with Gasteiger partial charge in [0.2, 0.25) is 5.95 Å². The van der Waals surface area contributed by atoms with Crippen LogP contribution in [0.1, 0.15) is 31.2 Å². The maximum Gasteiger partial charge on any atom is 0.471 e. The standard InChI is InChI=1S/C24H28F3N7O2/c1-15-3-2-4-19(11-15)32-23-28-13-20(16-12-29-34(14-16)9-10-35)21(33-23)30-17-5-7-18(8-6-17)31-22(36)24(25,26)27/h2-4,11-14,17-18,35H,5-10H2,1H3,(H,31,36)(H2,28,30,32,33). The Morgan fingerprint density at radius 2 is 1.92 bits per heavy atom. The first-order chi connectivity index (χ1) is 17.2. The summed E-state index contributed by atoms with van der Waals surface area (Å²) in [5, 5.41) is 22.1. The zero-order chi connectivity index (χ0) is 25.7. The minimum Gasteiger partial charge on any atom is -0.394 e. The van der Waals surface area contributed by atoms with Gasteiger partial charge in [-0.2, -0.15) is 23.3 Å². The predicted molar refractivity (Wildman–Crippen MR) is 129 cm³/mol. The number of carbonyl (C=O) groups is 1. The highest BCUT2D eigenvalue weighted by molar-refractivity contribution is 5.82. The van der Waals surface area contributed by atoms with E-state index in [9.17, 15) is 23.1 Å².